The predicted octanol–water partition coefficient (Wildman–Crippen LogP) is 2.38. The van der Waals surface area contributed by atoms with Gasteiger partial charge in [0.25, 0.3) is 0 Å². The van der Waals surface area contributed by atoms with Crippen molar-refractivity contribution in [2.24, 2.45) is 10.4 Å². The molecule has 1 aliphatic heterocycles. The van der Waals surface area contributed by atoms with E-state index in [1.165, 1.54) is 12.8 Å². The maximum Gasteiger partial charge on any atom is 0.223 e. The van der Waals surface area contributed by atoms with E-state index in [4.69, 9.17) is 4.52 Å². The molecule has 5 nitrogen and oxygen atoms in total. The normalized spacial score (nSPS) is 18.5. The quantitative estimate of drug-likeness (QED) is 0.908. The van der Waals surface area contributed by atoms with Crippen molar-refractivity contribution in [3.63, 3.8) is 0 Å². The molecule has 0 fully saturated rings. The van der Waals surface area contributed by atoms with Crippen molar-refractivity contribution < 1.29 is 4.52 Å². The minimum atomic E-state index is 0.387. The molecule has 0 radical (unpaired) electrons. The molecular weight excluding hydrogens is 248 g/mol. The first kappa shape index (κ1) is 13.4. The molecule has 0 bridgehead atoms. The van der Waals surface area contributed by atoms with Crippen LogP contribution in [0.5, 0.6) is 0 Å². The predicted molar refractivity (Wildman–Crippen MR) is 73.6 cm³/mol. The average molecular weight is 268 g/mol. The zero-order valence-electron chi connectivity index (χ0n) is 11.2. The summed E-state index contributed by atoms with van der Waals surface area (Å²) in [6.07, 6.45) is 2.38. The third-order valence-corrected chi connectivity index (χ3v) is 4.84. The first-order valence-electron chi connectivity index (χ1n) is 6.38. The fourth-order valence-electron chi connectivity index (χ4n) is 1.90. The molecule has 0 aromatic carbocycles. The highest BCUT2D eigenvalue weighted by atomic mass is 32.2. The van der Waals surface area contributed by atoms with Crippen molar-refractivity contribution in [1.29, 1.82) is 0 Å². The van der Waals surface area contributed by atoms with Crippen molar-refractivity contribution in [1.82, 2.24) is 15.5 Å². The molecule has 0 atom stereocenters. The van der Waals surface area contributed by atoms with E-state index < -0.39 is 0 Å². The van der Waals surface area contributed by atoms with Crippen molar-refractivity contribution in [3.8, 4) is 0 Å². The number of hydrogen-bond donors (Lipinski definition) is 1. The van der Waals surface area contributed by atoms with Gasteiger partial charge in [-0.1, -0.05) is 30.8 Å². The van der Waals surface area contributed by atoms with Crippen molar-refractivity contribution in [3.05, 3.63) is 11.7 Å². The number of amidine groups is 1. The molecule has 1 aromatic rings. The van der Waals surface area contributed by atoms with Gasteiger partial charge in [-0.15, -0.1) is 0 Å². The third-order valence-electron chi connectivity index (χ3n) is 3.54. The summed E-state index contributed by atoms with van der Waals surface area (Å²) < 4.78 is 4.92. The van der Waals surface area contributed by atoms with E-state index >= 15 is 0 Å². The van der Waals surface area contributed by atoms with E-state index in [1.54, 1.807) is 18.7 Å². The topological polar surface area (TPSA) is 63.3 Å². The highest BCUT2D eigenvalue weighted by molar-refractivity contribution is 8.13. The van der Waals surface area contributed by atoms with Crippen LogP contribution in [-0.4, -0.2) is 27.6 Å². The van der Waals surface area contributed by atoms with Gasteiger partial charge in [0.15, 0.2) is 11.0 Å². The standard InChI is InChI=1S/C12H20N4OS/c1-4-12(5-2)7-14-11(18-8-12)13-6-10-15-9(3)17-16-10/h4-8H2,1-3H3,(H,13,14). The van der Waals surface area contributed by atoms with Crippen LogP contribution in [0.3, 0.4) is 0 Å². The second-order valence-corrected chi connectivity index (χ2v) is 5.66. The van der Waals surface area contributed by atoms with Gasteiger partial charge in [-0.05, 0) is 18.3 Å². The van der Waals surface area contributed by atoms with Crippen LogP contribution >= 0.6 is 11.8 Å². The Bertz CT molecular complexity index is 425. The summed E-state index contributed by atoms with van der Waals surface area (Å²) in [5, 5.41) is 8.11. The van der Waals surface area contributed by atoms with Gasteiger partial charge in [-0.25, -0.2) is 0 Å². The monoisotopic (exact) mass is 268 g/mol. The summed E-state index contributed by atoms with van der Waals surface area (Å²) >= 11 is 1.80. The van der Waals surface area contributed by atoms with E-state index in [1.807, 2.05) is 0 Å². The Labute approximate surface area is 112 Å². The van der Waals surface area contributed by atoms with Crippen LogP contribution in [0.1, 0.15) is 38.4 Å². The summed E-state index contributed by atoms with van der Waals surface area (Å²) in [5.41, 5.74) is 0.387. The van der Waals surface area contributed by atoms with Gasteiger partial charge in [0, 0.05) is 19.2 Å². The minimum absolute atomic E-state index is 0.387. The lowest BCUT2D eigenvalue weighted by Crippen LogP contribution is -2.34. The van der Waals surface area contributed by atoms with Crippen molar-refractivity contribution in [2.75, 3.05) is 12.3 Å². The molecule has 1 aliphatic rings. The van der Waals surface area contributed by atoms with Gasteiger partial charge in [-0.2, -0.15) is 4.98 Å². The van der Waals surface area contributed by atoms with Crippen LogP contribution < -0.4 is 5.32 Å². The Kier molecular flexibility index (Phi) is 4.27. The SMILES string of the molecule is CCC1(CC)CN=C(NCc2noc(C)n2)SC1. The number of rotatable bonds is 4. The molecule has 0 aliphatic carbocycles. The summed E-state index contributed by atoms with van der Waals surface area (Å²) in [6.45, 7) is 7.79. The van der Waals surface area contributed by atoms with Crippen LogP contribution in [-0.2, 0) is 6.54 Å². The second kappa shape index (κ2) is 5.73. The Hall–Kier alpha value is -1.04. The number of aliphatic imine (C=N–C) groups is 1. The van der Waals surface area contributed by atoms with Gasteiger partial charge in [-0.3, -0.25) is 4.99 Å². The summed E-state index contributed by atoms with van der Waals surface area (Å²) in [5.74, 6) is 2.41. The van der Waals surface area contributed by atoms with Crippen LogP contribution in [0.4, 0.5) is 0 Å². The number of thioether (sulfide) groups is 1. The summed E-state index contributed by atoms with van der Waals surface area (Å²) in [4.78, 5) is 8.78. The van der Waals surface area contributed by atoms with Crippen molar-refractivity contribution in [2.45, 2.75) is 40.2 Å². The maximum atomic E-state index is 4.92. The molecule has 18 heavy (non-hydrogen) atoms. The lowest BCUT2D eigenvalue weighted by atomic mass is 9.84. The Morgan fingerprint density at radius 2 is 2.17 bits per heavy atom. The molecule has 0 saturated carbocycles. The molecule has 1 aromatic heterocycles. The van der Waals surface area contributed by atoms with Crippen LogP contribution in [0.2, 0.25) is 0 Å². The smallest absolute Gasteiger partial charge is 0.223 e. The second-order valence-electron chi connectivity index (χ2n) is 4.70. The van der Waals surface area contributed by atoms with Crippen molar-refractivity contribution >= 4 is 16.9 Å². The van der Waals surface area contributed by atoms with E-state index in [2.05, 4.69) is 34.3 Å². The molecule has 6 heteroatoms. The molecule has 0 saturated heterocycles. The van der Waals surface area contributed by atoms with Gasteiger partial charge in [0.2, 0.25) is 5.89 Å². The van der Waals surface area contributed by atoms with Gasteiger partial charge >= 0.3 is 0 Å². The fourth-order valence-corrected chi connectivity index (χ4v) is 3.18. The Morgan fingerprint density at radius 3 is 2.67 bits per heavy atom. The summed E-state index contributed by atoms with van der Waals surface area (Å²) in [7, 11) is 0. The molecule has 2 rings (SSSR count). The molecule has 100 valence electrons. The zero-order valence-corrected chi connectivity index (χ0v) is 12.0. The van der Waals surface area contributed by atoms with Gasteiger partial charge in [0.1, 0.15) is 0 Å². The van der Waals surface area contributed by atoms with E-state index in [0.29, 0.717) is 23.7 Å². The highest BCUT2D eigenvalue weighted by Gasteiger charge is 2.30. The molecule has 0 unspecified atom stereocenters. The molecule has 0 spiro atoms. The molecule has 1 N–H and O–H groups in total. The number of hydrogen-bond acceptors (Lipinski definition) is 6. The maximum absolute atomic E-state index is 4.92. The summed E-state index contributed by atoms with van der Waals surface area (Å²) in [6, 6.07) is 0. The average Bonchev–Trinajstić information content (AvgIpc) is 2.83. The molecular formula is C12H20N4OS. The van der Waals surface area contributed by atoms with E-state index in [9.17, 15) is 0 Å². The lowest BCUT2D eigenvalue weighted by molar-refractivity contribution is 0.318. The van der Waals surface area contributed by atoms with Crippen LogP contribution in [0.25, 0.3) is 0 Å². The zero-order chi connectivity index (χ0) is 13.0. The van der Waals surface area contributed by atoms with Crippen LogP contribution in [0.15, 0.2) is 9.52 Å². The highest BCUT2D eigenvalue weighted by Crippen LogP contribution is 2.34. The first-order valence-corrected chi connectivity index (χ1v) is 7.36. The van der Waals surface area contributed by atoms with Gasteiger partial charge in [0.05, 0.1) is 6.54 Å². The van der Waals surface area contributed by atoms with Crippen LogP contribution in [0, 0.1) is 12.3 Å². The number of aryl methyl sites for hydroxylation is 1. The van der Waals surface area contributed by atoms with E-state index in [0.717, 1.165) is 17.5 Å². The molecule has 2 heterocycles. The Balaban J connectivity index is 1.87. The Morgan fingerprint density at radius 1 is 1.39 bits per heavy atom. The number of nitrogens with one attached hydrogen (secondary N) is 1. The number of nitrogens with zero attached hydrogens (tertiary/aromatic N) is 3. The fraction of sp³-hybridized carbons (Fsp3) is 0.750. The minimum Gasteiger partial charge on any atom is -0.357 e. The largest absolute Gasteiger partial charge is 0.357 e. The number of aromatic nitrogens is 2. The first-order chi connectivity index (χ1) is 8.67. The third kappa shape index (κ3) is 3.04. The van der Waals surface area contributed by atoms with Gasteiger partial charge < -0.3 is 9.84 Å². The lowest BCUT2D eigenvalue weighted by Gasteiger charge is -2.33. The molecule has 0 amide bonds. The van der Waals surface area contributed by atoms with E-state index in [-0.39, 0.29) is 0 Å².